The van der Waals surface area contributed by atoms with Crippen LogP contribution in [0.2, 0.25) is 0 Å². The highest BCUT2D eigenvalue weighted by atomic mass is 15.2. The van der Waals surface area contributed by atoms with E-state index in [1.807, 2.05) is 12.1 Å². The van der Waals surface area contributed by atoms with Gasteiger partial charge in [0, 0.05) is 106 Å². The van der Waals surface area contributed by atoms with Gasteiger partial charge >= 0.3 is 0 Å². The lowest BCUT2D eigenvalue weighted by atomic mass is 9.91. The smallest absolute Gasteiger partial charge is 0.171 e. The summed E-state index contributed by atoms with van der Waals surface area (Å²) in [6.07, 6.45) is 28.5. The zero-order valence-electron chi connectivity index (χ0n) is 38.8. The quantitative estimate of drug-likeness (QED) is 0.0734. The molecule has 0 saturated carbocycles. The number of azo groups is 3. The number of benzene rings is 3. The summed E-state index contributed by atoms with van der Waals surface area (Å²) in [4.78, 5) is 11.7. The summed E-state index contributed by atoms with van der Waals surface area (Å²) in [5.41, 5.74) is 18.7. The Kier molecular flexibility index (Phi) is 12.8. The van der Waals surface area contributed by atoms with Crippen LogP contribution in [0.4, 0.5) is 51.2 Å². The third-order valence-electron chi connectivity index (χ3n) is 14.3. The molecule has 0 radical (unpaired) electrons. The van der Waals surface area contributed by atoms with Crippen molar-refractivity contribution in [3.05, 3.63) is 143 Å². The lowest BCUT2D eigenvalue weighted by Gasteiger charge is -2.36. The normalized spacial score (nSPS) is 17.0. The van der Waals surface area contributed by atoms with Crippen LogP contribution >= 0.6 is 0 Å². The Labute approximate surface area is 394 Å². The van der Waals surface area contributed by atoms with Crippen LogP contribution < -0.4 is 23.8 Å². The van der Waals surface area contributed by atoms with Gasteiger partial charge < -0.3 is 14.7 Å². The summed E-state index contributed by atoms with van der Waals surface area (Å²) >= 11 is 0. The zero-order chi connectivity index (χ0) is 44.8. The third kappa shape index (κ3) is 10.0. The number of aryl methyl sites for hydroxylation is 8. The molecule has 3 aromatic carbocycles. The number of hydrogen-bond acceptors (Lipinski definition) is 10. The number of nitrogens with zero attached hydrogens (tertiary/aromatic N) is 12. The van der Waals surface area contributed by atoms with E-state index in [2.05, 4.69) is 145 Å². The number of hydrogen-bond donors (Lipinski definition) is 0. The van der Waals surface area contributed by atoms with Crippen molar-refractivity contribution in [1.82, 2.24) is 4.98 Å². The van der Waals surface area contributed by atoms with Crippen molar-refractivity contribution in [2.24, 2.45) is 30.7 Å². The fraction of sp³-hybridized carbons (Fsp3) is 0.400. The highest BCUT2D eigenvalue weighted by Gasteiger charge is 2.27. The predicted molar refractivity (Wildman–Crippen MR) is 265 cm³/mol. The lowest BCUT2D eigenvalue weighted by molar-refractivity contribution is -0.708. The zero-order valence-corrected chi connectivity index (χ0v) is 38.8. The molecule has 0 saturated heterocycles. The van der Waals surface area contributed by atoms with Crippen LogP contribution in [0.15, 0.2) is 141 Å². The van der Waals surface area contributed by atoms with Crippen LogP contribution in [0.5, 0.6) is 0 Å². The first kappa shape index (κ1) is 42.9. The van der Waals surface area contributed by atoms with Gasteiger partial charge in [-0.25, -0.2) is 9.13 Å². The lowest BCUT2D eigenvalue weighted by Crippen LogP contribution is -2.35. The number of rotatable bonds is 11. The van der Waals surface area contributed by atoms with E-state index in [0.29, 0.717) is 0 Å². The molecule has 0 N–H and O–H groups in total. The fourth-order valence-electron chi connectivity index (χ4n) is 11.2. The van der Waals surface area contributed by atoms with Gasteiger partial charge in [0.05, 0.1) is 34.1 Å². The number of aromatic nitrogens is 3. The van der Waals surface area contributed by atoms with Gasteiger partial charge in [-0.15, -0.1) is 0 Å². The number of anilines is 3. The second-order valence-electron chi connectivity index (χ2n) is 19.0. The fourth-order valence-corrected chi connectivity index (χ4v) is 11.2. The average Bonchev–Trinajstić information content (AvgIpc) is 3.37. The monoisotopic (exact) mass is 891 g/mol. The molecule has 0 bridgehead atoms. The molecule has 0 amide bonds. The molecule has 12 heteroatoms. The van der Waals surface area contributed by atoms with E-state index in [4.69, 9.17) is 0 Å². The summed E-state index contributed by atoms with van der Waals surface area (Å²) in [6, 6.07) is 25.4. The van der Waals surface area contributed by atoms with Crippen molar-refractivity contribution in [3.8, 4) is 0 Å². The topological polar surface area (TPSA) is 105 Å². The van der Waals surface area contributed by atoms with E-state index in [1.165, 1.54) is 128 Å². The van der Waals surface area contributed by atoms with Gasteiger partial charge in [-0.1, -0.05) is 0 Å². The Morgan fingerprint density at radius 1 is 0.358 bits per heavy atom. The van der Waals surface area contributed by atoms with Crippen LogP contribution in [0.1, 0.15) is 84.7 Å². The summed E-state index contributed by atoms with van der Waals surface area (Å²) in [7, 11) is 0. The van der Waals surface area contributed by atoms with E-state index in [1.54, 1.807) is 12.4 Å². The Morgan fingerprint density at radius 3 is 0.925 bits per heavy atom. The molecule has 3 aromatic heterocycles. The molecule has 340 valence electrons. The standard InChI is InChI=1S/C38H44N8.C17H18N4/c1(15-43-21-11-33(12-22-43)39-41-35-25-29-7-3-17-45-18-4-8-30(26-35)37(29)45)2-16-44-23-13-34(14-24-44)40-42-36-27-31-9-5-19-46-20-6-10-32(28-36)38(31)46;1-3-13-11-16(20-19-15-5-7-18-8-6-15)12-14-4-2-10-21(9-1)17(13)14/h11-14,21-28H,1-10,15-20H2;5-8,11-12H,1-4,9-10H2/q+2;. The van der Waals surface area contributed by atoms with Gasteiger partial charge in [-0.2, -0.15) is 30.7 Å². The van der Waals surface area contributed by atoms with E-state index < -0.39 is 0 Å². The highest BCUT2D eigenvalue weighted by molar-refractivity contribution is 5.69. The van der Waals surface area contributed by atoms with Gasteiger partial charge in [0.15, 0.2) is 24.8 Å². The summed E-state index contributed by atoms with van der Waals surface area (Å²) in [5.74, 6) is 0. The number of unbranched alkanes of at least 4 members (excludes halogenated alkanes) is 1. The van der Waals surface area contributed by atoms with Crippen molar-refractivity contribution in [3.63, 3.8) is 0 Å². The first-order valence-electron chi connectivity index (χ1n) is 25.0. The molecule has 12 rings (SSSR count). The number of pyridine rings is 3. The van der Waals surface area contributed by atoms with Gasteiger partial charge in [-0.05, 0) is 159 Å². The van der Waals surface area contributed by atoms with Crippen LogP contribution in [0, 0.1) is 0 Å². The van der Waals surface area contributed by atoms with Crippen molar-refractivity contribution in [2.75, 3.05) is 54.0 Å². The SMILES string of the molecule is c1c[n+](CCCC[n+]2ccc(N=Nc3cc4c5c(c3)CCCN5CCC4)cc2)ccc1N=Nc1cc2c3c(c1)CCCN3CCC2.c1cc(N=Nc2cc3c4c(c2)CCCN4CCC3)ccn1. The Hall–Kier alpha value is -6.69. The predicted octanol–water partition coefficient (Wildman–Crippen LogP) is 12.2. The summed E-state index contributed by atoms with van der Waals surface area (Å²) < 4.78 is 4.47. The van der Waals surface area contributed by atoms with E-state index in [0.717, 1.165) is 98.6 Å². The second-order valence-corrected chi connectivity index (χ2v) is 19.0. The molecule has 67 heavy (non-hydrogen) atoms. The Bertz CT molecular complexity index is 2560. The minimum absolute atomic E-state index is 0.845. The van der Waals surface area contributed by atoms with Crippen molar-refractivity contribution in [1.29, 1.82) is 0 Å². The summed E-state index contributed by atoms with van der Waals surface area (Å²) in [5, 5.41) is 27.1. The van der Waals surface area contributed by atoms with E-state index in [-0.39, 0.29) is 0 Å². The molecule has 0 spiro atoms. The molecule has 6 aromatic rings. The summed E-state index contributed by atoms with van der Waals surface area (Å²) in [6.45, 7) is 9.16. The largest absolute Gasteiger partial charge is 0.371 e. The van der Waals surface area contributed by atoms with Crippen LogP contribution in [-0.4, -0.2) is 44.3 Å². The van der Waals surface area contributed by atoms with Gasteiger partial charge in [-0.3, -0.25) is 4.98 Å². The van der Waals surface area contributed by atoms with E-state index in [9.17, 15) is 0 Å². The second kappa shape index (κ2) is 20.0. The molecule has 0 aliphatic carbocycles. The molecule has 9 heterocycles. The van der Waals surface area contributed by atoms with Gasteiger partial charge in [0.2, 0.25) is 0 Å². The molecule has 6 aliphatic rings. The first-order valence-corrected chi connectivity index (χ1v) is 25.0. The van der Waals surface area contributed by atoms with E-state index >= 15 is 0 Å². The minimum Gasteiger partial charge on any atom is -0.371 e. The van der Waals surface area contributed by atoms with Gasteiger partial charge in [0.1, 0.15) is 13.1 Å². The maximum absolute atomic E-state index is 4.62. The first-order chi connectivity index (χ1) is 33.1. The maximum atomic E-state index is 4.62. The highest BCUT2D eigenvalue weighted by Crippen LogP contribution is 2.41. The molecule has 0 atom stereocenters. The third-order valence-corrected chi connectivity index (χ3v) is 14.3. The van der Waals surface area contributed by atoms with Crippen LogP contribution in [0.3, 0.4) is 0 Å². The molecule has 0 unspecified atom stereocenters. The molecular weight excluding hydrogens is 829 g/mol. The molecule has 6 aliphatic heterocycles. The van der Waals surface area contributed by atoms with Gasteiger partial charge in [0.25, 0.3) is 0 Å². The van der Waals surface area contributed by atoms with Crippen molar-refractivity contribution >= 4 is 51.2 Å². The van der Waals surface area contributed by atoms with Crippen LogP contribution in [-0.2, 0) is 51.6 Å². The average molecular weight is 891 g/mol. The minimum atomic E-state index is 0.845. The Morgan fingerprint density at radius 2 is 0.627 bits per heavy atom. The van der Waals surface area contributed by atoms with Crippen molar-refractivity contribution < 1.29 is 9.13 Å². The van der Waals surface area contributed by atoms with Crippen LogP contribution in [0.25, 0.3) is 0 Å². The molecule has 0 fully saturated rings. The molecule has 12 nitrogen and oxygen atoms in total. The maximum Gasteiger partial charge on any atom is 0.171 e. The Balaban J connectivity index is 0.000000195. The molecular formula is C55H62N12+2. The van der Waals surface area contributed by atoms with Crippen molar-refractivity contribution in [2.45, 2.75) is 103 Å².